The maximum atomic E-state index is 11.5. The Morgan fingerprint density at radius 2 is 2.20 bits per heavy atom. The number of amides is 1. The number of rotatable bonds is 5. The highest BCUT2D eigenvalue weighted by Gasteiger charge is 2.17. The van der Waals surface area contributed by atoms with E-state index in [4.69, 9.17) is 4.74 Å². The summed E-state index contributed by atoms with van der Waals surface area (Å²) < 4.78 is 9.91. The van der Waals surface area contributed by atoms with Crippen molar-refractivity contribution in [2.45, 2.75) is 13.3 Å². The molecule has 0 bridgehead atoms. The molecule has 2 rings (SSSR count). The Kier molecular flexibility index (Phi) is 4.88. The molecule has 1 aromatic heterocycles. The average molecular weight is 283 g/mol. The largest absolute Gasteiger partial charge is 0.466 e. The SMILES string of the molecule is CCOC(=O)CC(=O)Nc1nc(N2CCOCC2)n[nH]1. The van der Waals surface area contributed by atoms with Gasteiger partial charge in [0.2, 0.25) is 17.8 Å². The van der Waals surface area contributed by atoms with Crippen LogP contribution in [-0.4, -0.2) is 60.0 Å². The van der Waals surface area contributed by atoms with Crippen LogP contribution in [0.15, 0.2) is 0 Å². The van der Waals surface area contributed by atoms with Gasteiger partial charge in [-0.05, 0) is 6.92 Å². The zero-order valence-electron chi connectivity index (χ0n) is 11.2. The van der Waals surface area contributed by atoms with E-state index in [9.17, 15) is 9.59 Å². The van der Waals surface area contributed by atoms with Crippen LogP contribution < -0.4 is 10.2 Å². The van der Waals surface area contributed by atoms with Gasteiger partial charge >= 0.3 is 5.97 Å². The lowest BCUT2D eigenvalue weighted by Crippen LogP contribution is -2.36. The van der Waals surface area contributed by atoms with Crippen LogP contribution in [0.3, 0.4) is 0 Å². The van der Waals surface area contributed by atoms with Crippen LogP contribution in [0.2, 0.25) is 0 Å². The van der Waals surface area contributed by atoms with Gasteiger partial charge in [-0.1, -0.05) is 0 Å². The summed E-state index contributed by atoms with van der Waals surface area (Å²) in [5, 5.41) is 9.09. The molecule has 20 heavy (non-hydrogen) atoms. The van der Waals surface area contributed by atoms with Crippen LogP contribution in [-0.2, 0) is 19.1 Å². The van der Waals surface area contributed by atoms with Gasteiger partial charge < -0.3 is 14.4 Å². The monoisotopic (exact) mass is 283 g/mol. The minimum absolute atomic E-state index is 0.209. The number of carbonyl (C=O) groups is 2. The molecule has 9 heteroatoms. The lowest BCUT2D eigenvalue weighted by molar-refractivity contribution is -0.145. The maximum absolute atomic E-state index is 11.5. The zero-order chi connectivity index (χ0) is 14.4. The molecule has 1 aromatic rings. The smallest absolute Gasteiger partial charge is 0.315 e. The third-order valence-electron chi connectivity index (χ3n) is 2.64. The Bertz CT molecular complexity index is 469. The third-order valence-corrected chi connectivity index (χ3v) is 2.64. The summed E-state index contributed by atoms with van der Waals surface area (Å²) in [6, 6.07) is 0. The van der Waals surface area contributed by atoms with Crippen molar-refractivity contribution in [2.75, 3.05) is 43.1 Å². The Hall–Kier alpha value is -2.16. The molecule has 0 spiro atoms. The van der Waals surface area contributed by atoms with Crippen molar-refractivity contribution in [3.8, 4) is 0 Å². The van der Waals surface area contributed by atoms with E-state index in [1.807, 2.05) is 4.90 Å². The van der Waals surface area contributed by atoms with Gasteiger partial charge in [0, 0.05) is 13.1 Å². The number of aromatic amines is 1. The number of esters is 1. The first-order chi connectivity index (χ1) is 9.69. The summed E-state index contributed by atoms with van der Waals surface area (Å²) in [6.45, 7) is 4.58. The highest BCUT2D eigenvalue weighted by atomic mass is 16.5. The number of nitrogens with zero attached hydrogens (tertiary/aromatic N) is 3. The minimum atomic E-state index is -0.571. The molecule has 9 nitrogen and oxygen atoms in total. The Morgan fingerprint density at radius 1 is 1.45 bits per heavy atom. The third kappa shape index (κ3) is 3.92. The van der Waals surface area contributed by atoms with Crippen molar-refractivity contribution < 1.29 is 19.1 Å². The summed E-state index contributed by atoms with van der Waals surface area (Å²) >= 11 is 0. The molecule has 0 radical (unpaired) electrons. The molecule has 0 aliphatic carbocycles. The predicted octanol–water partition coefficient (Wildman–Crippen LogP) is -0.467. The molecular weight excluding hydrogens is 266 g/mol. The van der Waals surface area contributed by atoms with E-state index in [1.165, 1.54) is 0 Å². The van der Waals surface area contributed by atoms with Crippen molar-refractivity contribution in [1.29, 1.82) is 0 Å². The van der Waals surface area contributed by atoms with Crippen molar-refractivity contribution in [3.63, 3.8) is 0 Å². The molecule has 0 atom stereocenters. The van der Waals surface area contributed by atoms with Crippen LogP contribution >= 0.6 is 0 Å². The molecular formula is C11H17N5O4. The van der Waals surface area contributed by atoms with Crippen LogP contribution in [0.5, 0.6) is 0 Å². The zero-order valence-corrected chi connectivity index (χ0v) is 11.2. The topological polar surface area (TPSA) is 109 Å². The number of nitrogens with one attached hydrogen (secondary N) is 2. The summed E-state index contributed by atoms with van der Waals surface area (Å²) in [6.07, 6.45) is -0.346. The van der Waals surface area contributed by atoms with E-state index in [0.717, 1.165) is 0 Å². The number of carbonyl (C=O) groups excluding carboxylic acids is 2. The van der Waals surface area contributed by atoms with Crippen LogP contribution in [0.4, 0.5) is 11.9 Å². The number of hydrogen-bond acceptors (Lipinski definition) is 7. The van der Waals surface area contributed by atoms with Gasteiger partial charge in [-0.3, -0.25) is 14.9 Å². The fourth-order valence-electron chi connectivity index (χ4n) is 1.73. The summed E-state index contributed by atoms with van der Waals surface area (Å²) in [7, 11) is 0. The second-order valence-electron chi connectivity index (χ2n) is 4.11. The molecule has 1 aliphatic rings. The fourth-order valence-corrected chi connectivity index (χ4v) is 1.73. The van der Waals surface area contributed by atoms with Crippen molar-refractivity contribution in [2.24, 2.45) is 0 Å². The fraction of sp³-hybridized carbons (Fsp3) is 0.636. The quantitative estimate of drug-likeness (QED) is 0.555. The predicted molar refractivity (Wildman–Crippen MR) is 69.3 cm³/mol. The van der Waals surface area contributed by atoms with Gasteiger partial charge in [0.05, 0.1) is 19.8 Å². The molecule has 1 saturated heterocycles. The first-order valence-corrected chi connectivity index (χ1v) is 6.39. The maximum Gasteiger partial charge on any atom is 0.315 e. The van der Waals surface area contributed by atoms with Crippen molar-refractivity contribution in [3.05, 3.63) is 0 Å². The summed E-state index contributed by atoms with van der Waals surface area (Å²) in [4.78, 5) is 28.8. The van der Waals surface area contributed by atoms with Gasteiger partial charge in [0.15, 0.2) is 0 Å². The normalized spacial score (nSPS) is 14.9. The highest BCUT2D eigenvalue weighted by Crippen LogP contribution is 2.11. The van der Waals surface area contributed by atoms with Crippen molar-refractivity contribution in [1.82, 2.24) is 15.2 Å². The Balaban J connectivity index is 1.85. The van der Waals surface area contributed by atoms with Crippen molar-refractivity contribution >= 4 is 23.8 Å². The molecule has 110 valence electrons. The summed E-state index contributed by atoms with van der Waals surface area (Å²) in [5.41, 5.74) is 0. The molecule has 1 fully saturated rings. The molecule has 0 unspecified atom stereocenters. The molecule has 1 aliphatic heterocycles. The van der Waals surface area contributed by atoms with Gasteiger partial charge in [-0.2, -0.15) is 4.98 Å². The number of ether oxygens (including phenoxy) is 2. The second-order valence-corrected chi connectivity index (χ2v) is 4.11. The number of morpholine rings is 1. The lowest BCUT2D eigenvalue weighted by Gasteiger charge is -2.25. The first kappa shape index (κ1) is 14.3. The van der Waals surface area contributed by atoms with Gasteiger partial charge in [0.25, 0.3) is 0 Å². The van der Waals surface area contributed by atoms with Crippen LogP contribution in [0.25, 0.3) is 0 Å². The lowest BCUT2D eigenvalue weighted by atomic mass is 10.4. The van der Waals surface area contributed by atoms with Crippen LogP contribution in [0.1, 0.15) is 13.3 Å². The molecule has 2 heterocycles. The van der Waals surface area contributed by atoms with Gasteiger partial charge in [-0.25, -0.2) is 5.10 Å². The molecule has 2 N–H and O–H groups in total. The Morgan fingerprint density at radius 3 is 2.90 bits per heavy atom. The minimum Gasteiger partial charge on any atom is -0.466 e. The number of H-pyrrole nitrogens is 1. The molecule has 0 aromatic carbocycles. The Labute approximate surface area is 115 Å². The van der Waals surface area contributed by atoms with Gasteiger partial charge in [-0.15, -0.1) is 5.10 Å². The second kappa shape index (κ2) is 6.85. The molecule has 0 saturated carbocycles. The average Bonchev–Trinajstić information content (AvgIpc) is 2.88. The summed E-state index contributed by atoms with van der Waals surface area (Å²) in [5.74, 6) is -0.355. The highest BCUT2D eigenvalue weighted by molar-refractivity contribution is 6.01. The van der Waals surface area contributed by atoms with E-state index in [0.29, 0.717) is 32.3 Å². The number of aromatic nitrogens is 3. The van der Waals surface area contributed by atoms with E-state index in [1.54, 1.807) is 6.92 Å². The van der Waals surface area contributed by atoms with E-state index in [2.05, 4.69) is 25.2 Å². The molecule has 1 amide bonds. The standard InChI is InChI=1S/C11H17N5O4/c1-2-20-9(18)7-8(17)12-10-13-11(15-14-10)16-3-5-19-6-4-16/h2-7H2,1H3,(H2,12,13,14,15,17). The first-order valence-electron chi connectivity index (χ1n) is 6.39. The van der Waals surface area contributed by atoms with Crippen LogP contribution in [0, 0.1) is 0 Å². The van der Waals surface area contributed by atoms with E-state index < -0.39 is 11.9 Å². The number of anilines is 2. The van der Waals surface area contributed by atoms with E-state index >= 15 is 0 Å². The van der Waals surface area contributed by atoms with E-state index in [-0.39, 0.29) is 19.0 Å². The van der Waals surface area contributed by atoms with Gasteiger partial charge in [0.1, 0.15) is 6.42 Å². The number of hydrogen-bond donors (Lipinski definition) is 2.